The highest BCUT2D eigenvalue weighted by Crippen LogP contribution is 2.18. The second-order valence-corrected chi connectivity index (χ2v) is 2.13. The Morgan fingerprint density at radius 1 is 1.64 bits per heavy atom. The fourth-order valence-corrected chi connectivity index (χ4v) is 0.676. The number of benzene rings is 1. The molecule has 0 radical (unpaired) electrons. The van der Waals surface area contributed by atoms with Crippen LogP contribution in [0.25, 0.3) is 0 Å². The standard InChI is InChI=1S/C7H8FNO.HNO3/c1-10-7-4-5(9)2-3-6(7)8;2-1(3)4/h2-4H,9H2,1H3;(H,2,3,4). The molecule has 6 nitrogen and oxygen atoms in total. The van der Waals surface area contributed by atoms with Gasteiger partial charge in [-0.25, -0.2) is 4.39 Å². The third-order valence-electron chi connectivity index (χ3n) is 1.18. The normalized spacial score (nSPS) is 8.43. The Bertz CT molecular complexity index is 315. The minimum atomic E-state index is -1.50. The Hall–Kier alpha value is -2.05. The van der Waals surface area contributed by atoms with Crippen LogP contribution in [0.3, 0.4) is 0 Å². The lowest BCUT2D eigenvalue weighted by atomic mass is 10.3. The number of halogens is 1. The molecule has 1 aromatic rings. The summed E-state index contributed by atoms with van der Waals surface area (Å²) in [7, 11) is 1.40. The first-order valence-electron chi connectivity index (χ1n) is 3.39. The summed E-state index contributed by atoms with van der Waals surface area (Å²) in [5.74, 6) is -0.211. The van der Waals surface area contributed by atoms with Gasteiger partial charge in [-0.2, -0.15) is 0 Å². The summed E-state index contributed by atoms with van der Waals surface area (Å²) in [5, 5.41) is 13.6. The quantitative estimate of drug-likeness (QED) is 0.405. The van der Waals surface area contributed by atoms with Crippen LogP contribution in [-0.4, -0.2) is 17.4 Å². The van der Waals surface area contributed by atoms with Gasteiger partial charge in [-0.3, -0.25) is 0 Å². The van der Waals surface area contributed by atoms with E-state index >= 15 is 0 Å². The molecule has 0 aromatic heterocycles. The van der Waals surface area contributed by atoms with Gasteiger partial charge in [0.25, 0.3) is 5.09 Å². The Morgan fingerprint density at radius 2 is 2.14 bits per heavy atom. The summed E-state index contributed by atoms with van der Waals surface area (Å²) in [6.45, 7) is 0. The summed E-state index contributed by atoms with van der Waals surface area (Å²) < 4.78 is 17.3. The molecule has 0 saturated heterocycles. The van der Waals surface area contributed by atoms with E-state index in [9.17, 15) is 4.39 Å². The fourth-order valence-electron chi connectivity index (χ4n) is 0.676. The van der Waals surface area contributed by atoms with Gasteiger partial charge in [-0.05, 0) is 12.1 Å². The number of methoxy groups -OCH3 is 1. The lowest BCUT2D eigenvalue weighted by Crippen LogP contribution is -1.90. The molecule has 14 heavy (non-hydrogen) atoms. The lowest BCUT2D eigenvalue weighted by molar-refractivity contribution is -0.742. The molecule has 7 heteroatoms. The number of nitrogens with two attached hydrogens (primary N) is 1. The van der Waals surface area contributed by atoms with Gasteiger partial charge in [0.05, 0.1) is 7.11 Å². The summed E-state index contributed by atoms with van der Waals surface area (Å²) in [6, 6.07) is 4.20. The predicted molar refractivity (Wildman–Crippen MR) is 46.1 cm³/mol. The molecule has 0 aliphatic carbocycles. The summed E-state index contributed by atoms with van der Waals surface area (Å²) in [4.78, 5) is 8.36. The molecule has 0 fully saturated rings. The van der Waals surface area contributed by atoms with Gasteiger partial charge in [0.15, 0.2) is 11.6 Å². The summed E-state index contributed by atoms with van der Waals surface area (Å²) in [5.41, 5.74) is 5.85. The molecule has 0 aliphatic heterocycles. The van der Waals surface area contributed by atoms with Crippen LogP contribution in [0.5, 0.6) is 5.75 Å². The van der Waals surface area contributed by atoms with Gasteiger partial charge in [0.2, 0.25) is 0 Å². The van der Waals surface area contributed by atoms with Crippen molar-refractivity contribution in [3.05, 3.63) is 34.1 Å². The number of hydrogen-bond acceptors (Lipinski definition) is 4. The fraction of sp³-hybridized carbons (Fsp3) is 0.143. The number of nitrogens with zero attached hydrogens (tertiary/aromatic N) is 1. The molecule has 1 rings (SSSR count). The van der Waals surface area contributed by atoms with E-state index in [2.05, 4.69) is 4.74 Å². The van der Waals surface area contributed by atoms with Crippen molar-refractivity contribution in [2.75, 3.05) is 12.8 Å². The van der Waals surface area contributed by atoms with E-state index in [1.807, 2.05) is 0 Å². The topological polar surface area (TPSA) is 98.6 Å². The summed E-state index contributed by atoms with van der Waals surface area (Å²) >= 11 is 0. The number of anilines is 1. The van der Waals surface area contributed by atoms with Crippen molar-refractivity contribution in [2.45, 2.75) is 0 Å². The smallest absolute Gasteiger partial charge is 0.291 e. The Labute approximate surface area is 78.8 Å². The van der Waals surface area contributed by atoms with Crippen LogP contribution in [0.15, 0.2) is 18.2 Å². The predicted octanol–water partition coefficient (Wildman–Crippen LogP) is 1.07. The minimum Gasteiger partial charge on any atom is -0.494 e. The Kier molecular flexibility index (Phi) is 4.76. The van der Waals surface area contributed by atoms with Crippen molar-refractivity contribution < 1.29 is 19.4 Å². The molecule has 0 amide bonds. The van der Waals surface area contributed by atoms with Gasteiger partial charge in [-0.15, -0.1) is 10.1 Å². The Balaban J connectivity index is 0.000000364. The molecule has 0 spiro atoms. The van der Waals surface area contributed by atoms with Gasteiger partial charge < -0.3 is 15.7 Å². The Morgan fingerprint density at radius 3 is 2.50 bits per heavy atom. The van der Waals surface area contributed by atoms with E-state index in [0.29, 0.717) is 5.69 Å². The first kappa shape index (κ1) is 11.9. The minimum absolute atomic E-state index is 0.181. The number of rotatable bonds is 1. The van der Waals surface area contributed by atoms with Crippen LogP contribution < -0.4 is 10.5 Å². The average Bonchev–Trinajstić information content (AvgIpc) is 2.08. The van der Waals surface area contributed by atoms with Crippen molar-refractivity contribution >= 4 is 5.69 Å². The van der Waals surface area contributed by atoms with Gasteiger partial charge >= 0.3 is 0 Å². The molecule has 0 heterocycles. The number of nitrogen functional groups attached to an aromatic ring is 1. The molecule has 0 unspecified atom stereocenters. The van der Waals surface area contributed by atoms with Gasteiger partial charge in [-0.1, -0.05) is 0 Å². The highest BCUT2D eigenvalue weighted by Gasteiger charge is 1.99. The zero-order valence-corrected chi connectivity index (χ0v) is 7.31. The largest absolute Gasteiger partial charge is 0.494 e. The molecule has 78 valence electrons. The zero-order chi connectivity index (χ0) is 11.1. The number of ether oxygens (including phenoxy) is 1. The van der Waals surface area contributed by atoms with Crippen LogP contribution in [0, 0.1) is 15.9 Å². The molecule has 3 N–H and O–H groups in total. The highest BCUT2D eigenvalue weighted by atomic mass is 19.1. The van der Waals surface area contributed by atoms with Crippen molar-refractivity contribution in [1.82, 2.24) is 0 Å². The summed E-state index contributed by atoms with van der Waals surface area (Å²) in [6.07, 6.45) is 0. The van der Waals surface area contributed by atoms with E-state index in [1.54, 1.807) is 0 Å². The molecule has 0 aliphatic rings. The van der Waals surface area contributed by atoms with Gasteiger partial charge in [0.1, 0.15) is 0 Å². The van der Waals surface area contributed by atoms with Crippen molar-refractivity contribution in [3.63, 3.8) is 0 Å². The second kappa shape index (κ2) is 5.57. The van der Waals surface area contributed by atoms with Crippen LogP contribution in [0.4, 0.5) is 10.1 Å². The third-order valence-corrected chi connectivity index (χ3v) is 1.18. The maximum atomic E-state index is 12.6. The second-order valence-electron chi connectivity index (χ2n) is 2.13. The molecule has 0 bridgehead atoms. The SMILES string of the molecule is COc1cc(N)ccc1F.O=[N+]([O-])O. The zero-order valence-electron chi connectivity index (χ0n) is 7.31. The molecule has 1 aromatic carbocycles. The van der Waals surface area contributed by atoms with Crippen LogP contribution in [0.2, 0.25) is 0 Å². The van der Waals surface area contributed by atoms with Crippen LogP contribution in [0.1, 0.15) is 0 Å². The van der Waals surface area contributed by atoms with Crippen molar-refractivity contribution in [2.24, 2.45) is 0 Å². The maximum absolute atomic E-state index is 12.6. The third kappa shape index (κ3) is 4.75. The van der Waals surface area contributed by atoms with Crippen LogP contribution in [-0.2, 0) is 0 Å². The first-order chi connectivity index (χ1) is 6.47. The highest BCUT2D eigenvalue weighted by molar-refractivity contribution is 5.44. The first-order valence-corrected chi connectivity index (χ1v) is 3.39. The van der Waals surface area contributed by atoms with E-state index in [4.69, 9.17) is 21.1 Å². The van der Waals surface area contributed by atoms with Gasteiger partial charge in [0, 0.05) is 11.8 Å². The van der Waals surface area contributed by atoms with Crippen molar-refractivity contribution in [3.8, 4) is 5.75 Å². The monoisotopic (exact) mass is 204 g/mol. The number of hydrogen-bond donors (Lipinski definition) is 2. The van der Waals surface area contributed by atoms with Crippen molar-refractivity contribution in [1.29, 1.82) is 0 Å². The van der Waals surface area contributed by atoms with E-state index in [-0.39, 0.29) is 5.75 Å². The average molecular weight is 204 g/mol. The lowest BCUT2D eigenvalue weighted by Gasteiger charge is -2.00. The van der Waals surface area contributed by atoms with E-state index < -0.39 is 10.9 Å². The van der Waals surface area contributed by atoms with Crippen LogP contribution >= 0.6 is 0 Å². The molecular formula is C7H9FN2O4. The molecule has 0 saturated carbocycles. The molecular weight excluding hydrogens is 195 g/mol. The van der Waals surface area contributed by atoms with E-state index in [0.717, 1.165) is 0 Å². The molecule has 0 atom stereocenters. The van der Waals surface area contributed by atoms with E-state index in [1.165, 1.54) is 25.3 Å². The maximum Gasteiger partial charge on any atom is 0.291 e.